The zero-order chi connectivity index (χ0) is 13.4. The van der Waals surface area contributed by atoms with E-state index in [9.17, 15) is 4.79 Å². The fraction of sp³-hybridized carbons (Fsp3) is 0.545. The summed E-state index contributed by atoms with van der Waals surface area (Å²) in [6.45, 7) is 2.20. The maximum atomic E-state index is 11.5. The highest BCUT2D eigenvalue weighted by molar-refractivity contribution is 7.99. The molecule has 100 valence electrons. The number of aromatic nitrogens is 2. The van der Waals surface area contributed by atoms with Gasteiger partial charge in [-0.15, -0.1) is 0 Å². The van der Waals surface area contributed by atoms with E-state index in [1.807, 2.05) is 0 Å². The van der Waals surface area contributed by atoms with Gasteiger partial charge in [0.1, 0.15) is 11.4 Å². The molecule has 1 heterocycles. The predicted molar refractivity (Wildman–Crippen MR) is 69.4 cm³/mol. The summed E-state index contributed by atoms with van der Waals surface area (Å²) in [6, 6.07) is 0. The first-order valence-electron chi connectivity index (χ1n) is 5.72. The maximum absolute atomic E-state index is 11.5. The molecule has 1 aromatic heterocycles. The molecule has 0 atom stereocenters. The van der Waals surface area contributed by atoms with Gasteiger partial charge in [-0.05, 0) is 19.8 Å². The first-order chi connectivity index (χ1) is 8.69. The van der Waals surface area contributed by atoms with E-state index in [0.29, 0.717) is 5.16 Å². The molecular weight excluding hydrogens is 254 g/mol. The number of carbonyl (C=O) groups is 1. The summed E-state index contributed by atoms with van der Waals surface area (Å²) in [5.74, 6) is 0.429. The minimum absolute atomic E-state index is 0.133. The molecule has 0 aliphatic heterocycles. The third-order valence-corrected chi connectivity index (χ3v) is 3.02. The Morgan fingerprint density at radius 1 is 1.56 bits per heavy atom. The van der Waals surface area contributed by atoms with Gasteiger partial charge in [-0.25, -0.2) is 14.8 Å². The zero-order valence-corrected chi connectivity index (χ0v) is 11.1. The Balaban J connectivity index is 2.59. The molecule has 0 amide bonds. The van der Waals surface area contributed by atoms with Crippen molar-refractivity contribution in [3.63, 3.8) is 0 Å². The lowest BCUT2D eigenvalue weighted by Crippen LogP contribution is -2.10. The molecule has 3 N–H and O–H groups in total. The van der Waals surface area contributed by atoms with E-state index in [1.54, 1.807) is 6.92 Å². The van der Waals surface area contributed by atoms with Crippen LogP contribution < -0.4 is 5.73 Å². The van der Waals surface area contributed by atoms with Gasteiger partial charge in [-0.2, -0.15) is 0 Å². The second kappa shape index (κ2) is 7.88. The number of anilines is 1. The Morgan fingerprint density at radius 2 is 2.33 bits per heavy atom. The first kappa shape index (κ1) is 14.7. The van der Waals surface area contributed by atoms with Crippen LogP contribution in [0.5, 0.6) is 0 Å². The van der Waals surface area contributed by atoms with E-state index in [1.165, 1.54) is 18.0 Å². The van der Waals surface area contributed by atoms with Crippen molar-refractivity contribution in [2.75, 3.05) is 24.7 Å². The number of aliphatic hydroxyl groups is 1. The Hall–Kier alpha value is -1.34. The molecule has 6 nitrogen and oxygen atoms in total. The van der Waals surface area contributed by atoms with Gasteiger partial charge in [0.15, 0.2) is 5.16 Å². The number of rotatable bonds is 7. The molecule has 0 radical (unpaired) electrons. The summed E-state index contributed by atoms with van der Waals surface area (Å²) in [4.78, 5) is 19.5. The molecule has 0 spiro atoms. The summed E-state index contributed by atoms with van der Waals surface area (Å²) in [7, 11) is 0. The molecule has 0 aliphatic carbocycles. The molecule has 0 saturated heterocycles. The zero-order valence-electron chi connectivity index (χ0n) is 10.3. The molecule has 1 rings (SSSR count). The topological polar surface area (TPSA) is 98.3 Å². The third-order valence-electron chi connectivity index (χ3n) is 2.08. The summed E-state index contributed by atoms with van der Waals surface area (Å²) in [5, 5.41) is 9.17. The lowest BCUT2D eigenvalue weighted by atomic mass is 10.3. The number of esters is 1. The van der Waals surface area contributed by atoms with Gasteiger partial charge in [0, 0.05) is 18.6 Å². The summed E-state index contributed by atoms with van der Waals surface area (Å²) < 4.78 is 4.83. The van der Waals surface area contributed by atoms with Crippen molar-refractivity contribution in [1.82, 2.24) is 9.97 Å². The van der Waals surface area contributed by atoms with Crippen molar-refractivity contribution in [2.45, 2.75) is 24.9 Å². The summed E-state index contributed by atoms with van der Waals surface area (Å²) in [6.07, 6.45) is 3.02. The lowest BCUT2D eigenvalue weighted by molar-refractivity contribution is 0.0526. The Bertz CT molecular complexity index is 401. The van der Waals surface area contributed by atoms with Crippen LogP contribution in [-0.2, 0) is 4.74 Å². The molecule has 7 heteroatoms. The van der Waals surface area contributed by atoms with E-state index in [0.717, 1.165) is 18.6 Å². The van der Waals surface area contributed by atoms with Crippen molar-refractivity contribution in [3.8, 4) is 0 Å². The first-order valence-corrected chi connectivity index (χ1v) is 6.71. The Labute approximate surface area is 110 Å². The number of aliphatic hydroxyl groups excluding tert-OH is 1. The molecule has 0 bridgehead atoms. The second-order valence-electron chi connectivity index (χ2n) is 3.45. The number of nitrogen functional groups attached to an aromatic ring is 1. The third kappa shape index (κ3) is 4.50. The van der Waals surface area contributed by atoms with Gasteiger partial charge in [0.05, 0.1) is 6.61 Å². The molecule has 0 aliphatic rings. The average Bonchev–Trinajstić information content (AvgIpc) is 2.35. The highest BCUT2D eigenvalue weighted by atomic mass is 32.2. The number of hydrogen-bond donors (Lipinski definition) is 2. The Morgan fingerprint density at radius 3 is 2.94 bits per heavy atom. The average molecular weight is 271 g/mol. The summed E-state index contributed by atoms with van der Waals surface area (Å²) >= 11 is 1.44. The van der Waals surface area contributed by atoms with Crippen LogP contribution in [0.15, 0.2) is 11.4 Å². The van der Waals surface area contributed by atoms with Crippen LogP contribution in [-0.4, -0.2) is 40.0 Å². The standard InChI is InChI=1S/C11H17N3O3S/c1-2-17-10(16)8-7-13-11(14-9(8)12)18-6-4-3-5-15/h7,15H,2-6H2,1H3,(H2,12,13,14). The van der Waals surface area contributed by atoms with Crippen molar-refractivity contribution >= 4 is 23.5 Å². The largest absolute Gasteiger partial charge is 0.462 e. The maximum Gasteiger partial charge on any atom is 0.343 e. The van der Waals surface area contributed by atoms with Crippen LogP contribution in [0.3, 0.4) is 0 Å². The Kier molecular flexibility index (Phi) is 6.45. The molecule has 18 heavy (non-hydrogen) atoms. The lowest BCUT2D eigenvalue weighted by Gasteiger charge is -2.05. The van der Waals surface area contributed by atoms with E-state index < -0.39 is 5.97 Å². The van der Waals surface area contributed by atoms with E-state index in [-0.39, 0.29) is 24.6 Å². The van der Waals surface area contributed by atoms with Gasteiger partial charge in [0.25, 0.3) is 0 Å². The van der Waals surface area contributed by atoms with E-state index in [2.05, 4.69) is 9.97 Å². The molecule has 1 aromatic rings. The molecule has 0 aromatic carbocycles. The van der Waals surface area contributed by atoms with Gasteiger partial charge in [-0.1, -0.05) is 11.8 Å². The smallest absolute Gasteiger partial charge is 0.343 e. The van der Waals surface area contributed by atoms with Crippen LogP contribution in [0.1, 0.15) is 30.1 Å². The van der Waals surface area contributed by atoms with Crippen LogP contribution in [0, 0.1) is 0 Å². The second-order valence-corrected chi connectivity index (χ2v) is 4.51. The minimum atomic E-state index is -0.508. The van der Waals surface area contributed by atoms with Crippen molar-refractivity contribution in [2.24, 2.45) is 0 Å². The van der Waals surface area contributed by atoms with Crippen LogP contribution in [0.4, 0.5) is 5.82 Å². The van der Waals surface area contributed by atoms with Crippen LogP contribution >= 0.6 is 11.8 Å². The van der Waals surface area contributed by atoms with E-state index in [4.69, 9.17) is 15.6 Å². The molecular formula is C11H17N3O3S. The number of thioether (sulfide) groups is 1. The highest BCUT2D eigenvalue weighted by Gasteiger charge is 2.13. The van der Waals surface area contributed by atoms with Crippen molar-refractivity contribution in [3.05, 3.63) is 11.8 Å². The summed E-state index contributed by atoms with van der Waals surface area (Å²) in [5.41, 5.74) is 5.87. The number of hydrogen-bond acceptors (Lipinski definition) is 7. The quantitative estimate of drug-likeness (QED) is 0.331. The van der Waals surface area contributed by atoms with Crippen LogP contribution in [0.25, 0.3) is 0 Å². The fourth-order valence-electron chi connectivity index (χ4n) is 1.19. The molecule has 0 fully saturated rings. The molecule has 0 unspecified atom stereocenters. The normalized spacial score (nSPS) is 10.3. The van der Waals surface area contributed by atoms with Crippen LogP contribution in [0.2, 0.25) is 0 Å². The number of carbonyl (C=O) groups excluding carboxylic acids is 1. The SMILES string of the molecule is CCOC(=O)c1cnc(SCCCCO)nc1N. The number of nitrogens with two attached hydrogens (primary N) is 1. The monoisotopic (exact) mass is 271 g/mol. The number of ether oxygens (including phenoxy) is 1. The molecule has 0 saturated carbocycles. The van der Waals surface area contributed by atoms with Gasteiger partial charge in [-0.3, -0.25) is 0 Å². The van der Waals surface area contributed by atoms with Gasteiger partial charge in [0.2, 0.25) is 0 Å². The highest BCUT2D eigenvalue weighted by Crippen LogP contribution is 2.18. The number of unbranched alkanes of at least 4 members (excludes halogenated alkanes) is 1. The van der Waals surface area contributed by atoms with Gasteiger partial charge >= 0.3 is 5.97 Å². The number of nitrogens with zero attached hydrogens (tertiary/aromatic N) is 2. The fourth-order valence-corrected chi connectivity index (χ4v) is 2.01. The minimum Gasteiger partial charge on any atom is -0.462 e. The van der Waals surface area contributed by atoms with Crippen molar-refractivity contribution in [1.29, 1.82) is 0 Å². The van der Waals surface area contributed by atoms with Gasteiger partial charge < -0.3 is 15.6 Å². The van der Waals surface area contributed by atoms with Crippen molar-refractivity contribution < 1.29 is 14.6 Å². The predicted octanol–water partition coefficient (Wildman–Crippen LogP) is 1.10. The van der Waals surface area contributed by atoms with E-state index >= 15 is 0 Å².